The molecule has 0 saturated heterocycles. The number of fused-ring (bicyclic) bond motifs is 4. The van der Waals surface area contributed by atoms with E-state index in [2.05, 4.69) is 116 Å². The Morgan fingerprint density at radius 3 is 2.18 bits per heavy atom. The summed E-state index contributed by atoms with van der Waals surface area (Å²) >= 11 is 0. The molecular formula is C45H37N3O2. The van der Waals surface area contributed by atoms with Crippen LogP contribution in [0.2, 0.25) is 0 Å². The third kappa shape index (κ3) is 5.00. The number of benzene rings is 6. The molecule has 0 unspecified atom stereocenters. The first-order chi connectivity index (χ1) is 24.3. The molecule has 5 heteroatoms. The van der Waals surface area contributed by atoms with Gasteiger partial charge in [-0.3, -0.25) is 4.57 Å². The van der Waals surface area contributed by atoms with Crippen LogP contribution in [0.3, 0.4) is 0 Å². The minimum absolute atomic E-state index is 0.0220. The predicted octanol–water partition coefficient (Wildman–Crippen LogP) is 10.5. The first-order valence-corrected chi connectivity index (χ1v) is 17.3. The molecule has 0 fully saturated rings. The molecule has 2 heterocycles. The zero-order valence-electron chi connectivity index (χ0n) is 28.3. The molecule has 0 amide bonds. The van der Waals surface area contributed by atoms with Crippen LogP contribution in [0.5, 0.6) is 5.75 Å². The molecule has 0 radical (unpaired) electrons. The lowest BCUT2D eigenvalue weighted by Crippen LogP contribution is -2.13. The van der Waals surface area contributed by atoms with E-state index in [1.807, 2.05) is 48.5 Å². The monoisotopic (exact) mass is 651 g/mol. The van der Waals surface area contributed by atoms with Gasteiger partial charge >= 0.3 is 0 Å². The number of phenolic OH excluding ortho intramolecular Hbond substituents is 1. The topological polar surface area (TPSA) is 59.6 Å². The summed E-state index contributed by atoms with van der Waals surface area (Å²) in [6.45, 7) is 6.67. The highest BCUT2D eigenvalue weighted by atomic mass is 16.5. The standard InChI is InChI=1S/C45H37N3O2/c1-45(2,3)32-22-24-33(25-23-32)48-38-21-11-18-34(40(38)46-43(48)37-20-10-19-36(42(37)49)28-12-5-4-6-13-28)29-15-9-16-31(26-29)44-47-41-35-17-8-7-14-30(35)27-39(41)50-44/h4-26,39,41,49H,27H2,1-3H3/t39-,41+/m1/s1. The summed E-state index contributed by atoms with van der Waals surface area (Å²) in [5, 5.41) is 11.8. The van der Waals surface area contributed by atoms with Crippen molar-refractivity contribution in [3.05, 3.63) is 162 Å². The van der Waals surface area contributed by atoms with Crippen LogP contribution in [0.25, 0.3) is 50.4 Å². The molecule has 2 atom stereocenters. The van der Waals surface area contributed by atoms with Crippen LogP contribution < -0.4 is 0 Å². The van der Waals surface area contributed by atoms with Crippen molar-refractivity contribution < 1.29 is 9.84 Å². The fraction of sp³-hybridized carbons (Fsp3) is 0.156. The number of rotatable bonds is 5. The van der Waals surface area contributed by atoms with Gasteiger partial charge in [-0.1, -0.05) is 124 Å². The van der Waals surface area contributed by atoms with E-state index >= 15 is 0 Å². The molecule has 9 rings (SSSR count). The van der Waals surface area contributed by atoms with Crippen LogP contribution in [0.15, 0.2) is 145 Å². The summed E-state index contributed by atoms with van der Waals surface area (Å²) in [7, 11) is 0. The number of nitrogens with zero attached hydrogens (tertiary/aromatic N) is 3. The van der Waals surface area contributed by atoms with Crippen molar-refractivity contribution in [1.82, 2.24) is 9.55 Å². The number of aromatic hydroxyl groups is 1. The summed E-state index contributed by atoms with van der Waals surface area (Å²) in [5.74, 6) is 1.57. The molecule has 0 bridgehead atoms. The lowest BCUT2D eigenvalue weighted by Gasteiger charge is -2.20. The smallest absolute Gasteiger partial charge is 0.217 e. The van der Waals surface area contributed by atoms with Crippen LogP contribution in [-0.2, 0) is 16.6 Å². The van der Waals surface area contributed by atoms with Crippen molar-refractivity contribution in [3.8, 4) is 45.1 Å². The zero-order valence-corrected chi connectivity index (χ0v) is 28.3. The molecule has 1 aromatic heterocycles. The van der Waals surface area contributed by atoms with Gasteiger partial charge in [0, 0.05) is 28.8 Å². The lowest BCUT2D eigenvalue weighted by atomic mass is 9.87. The molecular weight excluding hydrogens is 615 g/mol. The van der Waals surface area contributed by atoms with E-state index < -0.39 is 0 Å². The van der Waals surface area contributed by atoms with Crippen molar-refractivity contribution >= 4 is 16.9 Å². The van der Waals surface area contributed by atoms with E-state index in [-0.39, 0.29) is 23.3 Å². The molecule has 5 nitrogen and oxygen atoms in total. The van der Waals surface area contributed by atoms with E-state index in [4.69, 9.17) is 14.7 Å². The van der Waals surface area contributed by atoms with Crippen LogP contribution in [0.1, 0.15) is 49.1 Å². The van der Waals surface area contributed by atoms with Crippen molar-refractivity contribution in [2.24, 2.45) is 4.99 Å². The predicted molar refractivity (Wildman–Crippen MR) is 202 cm³/mol. The van der Waals surface area contributed by atoms with E-state index in [9.17, 15) is 5.11 Å². The van der Waals surface area contributed by atoms with E-state index in [1.54, 1.807) is 0 Å². The Morgan fingerprint density at radius 1 is 0.680 bits per heavy atom. The molecule has 1 N–H and O–H groups in total. The zero-order chi connectivity index (χ0) is 34.0. The van der Waals surface area contributed by atoms with Gasteiger partial charge in [0.05, 0.1) is 16.6 Å². The molecule has 50 heavy (non-hydrogen) atoms. The lowest BCUT2D eigenvalue weighted by molar-refractivity contribution is 0.206. The Bertz CT molecular complexity index is 2430. The van der Waals surface area contributed by atoms with Crippen LogP contribution in [-0.4, -0.2) is 26.7 Å². The normalized spacial score (nSPS) is 16.6. The fourth-order valence-electron chi connectivity index (χ4n) is 7.52. The molecule has 1 aliphatic heterocycles. The van der Waals surface area contributed by atoms with Gasteiger partial charge in [0.25, 0.3) is 0 Å². The largest absolute Gasteiger partial charge is 0.507 e. The van der Waals surface area contributed by atoms with Crippen molar-refractivity contribution in [2.45, 2.75) is 44.8 Å². The third-order valence-electron chi connectivity index (χ3n) is 10.1. The Balaban J connectivity index is 1.20. The number of aliphatic imine (C=N–C) groups is 1. The molecule has 6 aromatic carbocycles. The molecule has 244 valence electrons. The minimum Gasteiger partial charge on any atom is -0.507 e. The highest BCUT2D eigenvalue weighted by Gasteiger charge is 2.39. The first-order valence-electron chi connectivity index (χ1n) is 17.3. The second kappa shape index (κ2) is 11.6. The number of phenols is 1. The van der Waals surface area contributed by atoms with Gasteiger partial charge in [-0.25, -0.2) is 9.98 Å². The summed E-state index contributed by atoms with van der Waals surface area (Å²) in [6.07, 6.45) is 0.916. The molecule has 0 saturated carbocycles. The van der Waals surface area contributed by atoms with Gasteiger partial charge in [0.2, 0.25) is 5.90 Å². The Morgan fingerprint density at radius 2 is 1.36 bits per heavy atom. The van der Waals surface area contributed by atoms with Gasteiger partial charge in [-0.05, 0) is 69.6 Å². The summed E-state index contributed by atoms with van der Waals surface area (Å²) in [6, 6.07) is 47.9. The van der Waals surface area contributed by atoms with Gasteiger partial charge in [0.1, 0.15) is 23.7 Å². The SMILES string of the molecule is CC(C)(C)c1ccc(-n2c(-c3cccc(-c4ccccc4)c3O)nc3c(-c4cccc(C5=N[C@H]6c7ccccc7C[C@H]6O5)c4)cccc32)cc1. The second-order valence-corrected chi connectivity index (χ2v) is 14.3. The quantitative estimate of drug-likeness (QED) is 0.201. The average molecular weight is 652 g/mol. The maximum absolute atomic E-state index is 11.8. The first kappa shape index (κ1) is 30.1. The maximum atomic E-state index is 11.8. The maximum Gasteiger partial charge on any atom is 0.217 e. The Hall–Kier alpha value is -5.94. The summed E-state index contributed by atoms with van der Waals surface area (Å²) < 4.78 is 8.64. The fourth-order valence-corrected chi connectivity index (χ4v) is 7.52. The third-order valence-corrected chi connectivity index (χ3v) is 10.1. The second-order valence-electron chi connectivity index (χ2n) is 14.3. The van der Waals surface area contributed by atoms with Crippen molar-refractivity contribution in [1.29, 1.82) is 0 Å². The highest BCUT2D eigenvalue weighted by Crippen LogP contribution is 2.43. The van der Waals surface area contributed by atoms with Gasteiger partial charge in [-0.2, -0.15) is 0 Å². The van der Waals surface area contributed by atoms with Crippen LogP contribution >= 0.6 is 0 Å². The number of ether oxygens (including phenoxy) is 1. The van der Waals surface area contributed by atoms with Gasteiger partial charge in [-0.15, -0.1) is 0 Å². The van der Waals surface area contributed by atoms with Gasteiger partial charge in [0.15, 0.2) is 0 Å². The van der Waals surface area contributed by atoms with Crippen molar-refractivity contribution in [3.63, 3.8) is 0 Å². The molecule has 2 aliphatic rings. The molecule has 7 aromatic rings. The van der Waals surface area contributed by atoms with E-state index in [1.165, 1.54) is 16.7 Å². The highest BCUT2D eigenvalue weighted by molar-refractivity contribution is 6.00. The summed E-state index contributed by atoms with van der Waals surface area (Å²) in [5.41, 5.74) is 12.0. The van der Waals surface area contributed by atoms with Gasteiger partial charge < -0.3 is 9.84 Å². The number of hydrogen-bond donors (Lipinski definition) is 1. The number of para-hydroxylation sites is 2. The minimum atomic E-state index is 0.0220. The number of hydrogen-bond acceptors (Lipinski definition) is 4. The number of aromatic nitrogens is 2. The Kier molecular flexibility index (Phi) is 6.99. The average Bonchev–Trinajstić information content (AvgIpc) is 3.83. The van der Waals surface area contributed by atoms with Crippen LogP contribution in [0.4, 0.5) is 0 Å². The van der Waals surface area contributed by atoms with E-state index in [0.29, 0.717) is 17.3 Å². The van der Waals surface area contributed by atoms with Crippen molar-refractivity contribution in [2.75, 3.05) is 0 Å². The van der Waals surface area contributed by atoms with Crippen LogP contribution in [0, 0.1) is 0 Å². The summed E-state index contributed by atoms with van der Waals surface area (Å²) in [4.78, 5) is 10.4. The Labute approximate surface area is 292 Å². The van der Waals surface area contributed by atoms with E-state index in [0.717, 1.165) is 51.0 Å². The number of imidazole rings is 1. The molecule has 1 aliphatic carbocycles. The molecule has 0 spiro atoms.